The van der Waals surface area contributed by atoms with E-state index in [1.807, 2.05) is 0 Å². The Morgan fingerprint density at radius 3 is 2.31 bits per heavy atom. The number of nitrogens with zero attached hydrogens (tertiary/aromatic N) is 1. The molecule has 0 aromatic heterocycles. The summed E-state index contributed by atoms with van der Waals surface area (Å²) in [5, 5.41) is 3.31. The van der Waals surface area contributed by atoms with E-state index in [0.717, 1.165) is 31.8 Å². The molecule has 1 rings (SSSR count). The second kappa shape index (κ2) is 22.4. The number of carbonyl (C=O) groups is 1. The summed E-state index contributed by atoms with van der Waals surface area (Å²) in [5.41, 5.74) is 0.437. The van der Waals surface area contributed by atoms with Crippen LogP contribution in [0.4, 0.5) is 0 Å². The van der Waals surface area contributed by atoms with E-state index >= 15 is 0 Å². The fraction of sp³-hybridized carbons (Fsp3) is 0.429. The molecule has 0 saturated heterocycles. The normalized spacial score (nSPS) is 12.1. The summed E-state index contributed by atoms with van der Waals surface area (Å²) in [6, 6.07) is 5.19. The number of allylic oxidation sites excluding steroid dienone is 4. The van der Waals surface area contributed by atoms with Crippen LogP contribution in [0.25, 0.3) is 0 Å². The van der Waals surface area contributed by atoms with E-state index in [9.17, 15) is 9.36 Å². The smallest absolute Gasteiger partial charge is 0.355 e. The first-order valence-electron chi connectivity index (χ1n) is 12.3. The number of hydrogen-bond donors (Lipinski definition) is 3. The third-order valence-electron chi connectivity index (χ3n) is 4.65. The average molecular weight is 601 g/mol. The van der Waals surface area contributed by atoms with Crippen LogP contribution in [0.15, 0.2) is 59.6 Å². The van der Waals surface area contributed by atoms with Gasteiger partial charge in [-0.3, -0.25) is 14.4 Å². The Kier molecular flexibility index (Phi) is 22.2. The van der Waals surface area contributed by atoms with Crippen molar-refractivity contribution in [3.05, 3.63) is 60.1 Å². The maximum absolute atomic E-state index is 12.7. The fourth-order valence-corrected chi connectivity index (χ4v) is 4.24. The molecule has 0 saturated carbocycles. The topological polar surface area (TPSA) is 117 Å². The van der Waals surface area contributed by atoms with Crippen LogP contribution < -0.4 is 14.8 Å². The van der Waals surface area contributed by atoms with Crippen LogP contribution in [0.3, 0.4) is 0 Å². The summed E-state index contributed by atoms with van der Waals surface area (Å²) in [4.78, 5) is 33.7. The number of alkyl halides is 1. The maximum Gasteiger partial charge on any atom is 0.355 e. The molecule has 0 aliphatic rings. The molecule has 0 aliphatic heterocycles. The van der Waals surface area contributed by atoms with Crippen LogP contribution in [-0.2, 0) is 4.57 Å². The molecule has 0 spiro atoms. The highest BCUT2D eigenvalue weighted by Crippen LogP contribution is 2.44. The number of carbonyl (C=O) groups excluding carboxylic acids is 1. The predicted molar refractivity (Wildman–Crippen MR) is 166 cm³/mol. The van der Waals surface area contributed by atoms with E-state index in [4.69, 9.17) is 30.9 Å². The van der Waals surface area contributed by atoms with Gasteiger partial charge in [-0.15, -0.1) is 24.4 Å². The van der Waals surface area contributed by atoms with Gasteiger partial charge >= 0.3 is 7.60 Å². The molecule has 1 unspecified atom stereocenters. The number of aliphatic imine (C=N–C) groups is 1. The molecule has 0 radical (unpaired) electrons. The molecule has 0 fully saturated rings. The van der Waals surface area contributed by atoms with Crippen molar-refractivity contribution in [2.24, 2.45) is 4.99 Å². The molecule has 3 N–H and O–H groups in total. The molecule has 0 bridgehead atoms. The molecular formula is C28H42ClN2O6PS. The van der Waals surface area contributed by atoms with Gasteiger partial charge < -0.3 is 24.6 Å². The Morgan fingerprint density at radius 1 is 1.28 bits per heavy atom. The van der Waals surface area contributed by atoms with E-state index in [0.29, 0.717) is 39.6 Å². The molecule has 0 heterocycles. The average Bonchev–Trinajstić information content (AvgIpc) is 2.89. The van der Waals surface area contributed by atoms with Crippen LogP contribution in [0.5, 0.6) is 11.5 Å². The number of thioether (sulfide) groups is 1. The predicted octanol–water partition coefficient (Wildman–Crippen LogP) is 7.14. The lowest BCUT2D eigenvalue weighted by molar-refractivity contribution is 0.0976. The lowest BCUT2D eigenvalue weighted by Crippen LogP contribution is -2.29. The van der Waals surface area contributed by atoms with E-state index in [2.05, 4.69) is 50.2 Å². The van der Waals surface area contributed by atoms with Crippen molar-refractivity contribution in [3.8, 4) is 24.3 Å². The van der Waals surface area contributed by atoms with Crippen LogP contribution in [-0.4, -0.2) is 45.6 Å². The van der Waals surface area contributed by atoms with Gasteiger partial charge in [-0.05, 0) is 38.8 Å². The Bertz CT molecular complexity index is 1040. The number of nitrogens with one attached hydrogen (secondary N) is 1. The number of rotatable bonds is 13. The zero-order valence-electron chi connectivity index (χ0n) is 23.5. The van der Waals surface area contributed by atoms with Crippen molar-refractivity contribution in [1.82, 2.24) is 5.32 Å². The number of amides is 1. The maximum atomic E-state index is 12.7. The number of terminal acetylenes is 1. The Hall–Kier alpha value is -2.47. The van der Waals surface area contributed by atoms with Crippen LogP contribution in [0.1, 0.15) is 63.7 Å². The second-order valence-electron chi connectivity index (χ2n) is 7.77. The highest BCUT2D eigenvalue weighted by Gasteiger charge is 2.16. The standard InChI is InChI=1S/C21H31ClN2O3S.C5H9O3P.C2H2/c1-6-8-9-17(7-2)27-19-13-16(12-18(14-19)26-15(3)4)20(25)24-21(23-5)28-11-10-22;1-3-5(4-2)9(6,7)8;1-2/h12-14,17H,3,6-11H2,1-2,4-5H3,(H,23,24,25);3-4H,1H2,2H3,(H2,6,7,8);1-2H/b;5-4+;. The minimum Gasteiger partial charge on any atom is -0.490 e. The van der Waals surface area contributed by atoms with Crippen molar-refractivity contribution in [1.29, 1.82) is 0 Å². The minimum atomic E-state index is -4.03. The molecule has 1 aromatic carbocycles. The number of benzene rings is 1. The summed E-state index contributed by atoms with van der Waals surface area (Å²) in [6.45, 7) is 14.6. The highest BCUT2D eigenvalue weighted by atomic mass is 35.5. The van der Waals surface area contributed by atoms with Crippen molar-refractivity contribution in [3.63, 3.8) is 0 Å². The lowest BCUT2D eigenvalue weighted by atomic mass is 10.1. The first-order chi connectivity index (χ1) is 18.4. The number of hydrogen-bond acceptors (Lipinski definition) is 6. The summed E-state index contributed by atoms with van der Waals surface area (Å²) < 4.78 is 22.1. The van der Waals surface area contributed by atoms with Crippen molar-refractivity contribution < 1.29 is 28.6 Å². The van der Waals surface area contributed by atoms with Crippen molar-refractivity contribution in [2.75, 3.05) is 18.7 Å². The largest absolute Gasteiger partial charge is 0.490 e. The van der Waals surface area contributed by atoms with Gasteiger partial charge in [-0.2, -0.15) is 0 Å². The molecule has 1 aromatic rings. The zero-order chi connectivity index (χ0) is 30.4. The van der Waals surface area contributed by atoms with Crippen molar-refractivity contribution in [2.45, 2.75) is 59.5 Å². The van der Waals surface area contributed by atoms with Gasteiger partial charge in [0.25, 0.3) is 5.91 Å². The Balaban J connectivity index is 0. The van der Waals surface area contributed by atoms with Crippen LogP contribution >= 0.6 is 31.0 Å². The van der Waals surface area contributed by atoms with Gasteiger partial charge in [-0.25, -0.2) is 0 Å². The summed E-state index contributed by atoms with van der Waals surface area (Å²) in [5.74, 6) is 2.53. The zero-order valence-corrected chi connectivity index (χ0v) is 26.0. The summed E-state index contributed by atoms with van der Waals surface area (Å²) >= 11 is 7.11. The Labute approximate surface area is 243 Å². The molecule has 1 amide bonds. The fourth-order valence-electron chi connectivity index (χ4n) is 2.87. The van der Waals surface area contributed by atoms with Gasteiger partial charge in [-0.1, -0.05) is 63.8 Å². The van der Waals surface area contributed by atoms with Gasteiger partial charge in [0.15, 0.2) is 5.17 Å². The lowest BCUT2D eigenvalue weighted by Gasteiger charge is -2.19. The van der Waals surface area contributed by atoms with Gasteiger partial charge in [0.2, 0.25) is 0 Å². The molecular weight excluding hydrogens is 559 g/mol. The molecule has 218 valence electrons. The minimum absolute atomic E-state index is 0.0255. The third-order valence-corrected chi connectivity index (χ3v) is 7.15. The quantitative estimate of drug-likeness (QED) is 0.0419. The SMILES string of the molecule is C#C.C=C(C)Oc1cc(OC(CC)CCCC)cc(C(=O)NC(=NC)SCCCl)c1.C=C/C(=C\C)P(=O)(O)O. The van der Waals surface area contributed by atoms with E-state index in [1.54, 1.807) is 39.1 Å². The van der Waals surface area contributed by atoms with E-state index < -0.39 is 7.60 Å². The third kappa shape index (κ3) is 17.7. The molecule has 39 heavy (non-hydrogen) atoms. The van der Waals surface area contributed by atoms with Gasteiger partial charge in [0, 0.05) is 30.3 Å². The highest BCUT2D eigenvalue weighted by molar-refractivity contribution is 8.13. The number of ether oxygens (including phenoxy) is 2. The first kappa shape index (κ1) is 38.7. The monoisotopic (exact) mass is 600 g/mol. The van der Waals surface area contributed by atoms with Crippen molar-refractivity contribution >= 4 is 42.0 Å². The summed E-state index contributed by atoms with van der Waals surface area (Å²) in [7, 11) is -2.40. The Morgan fingerprint density at radius 2 is 1.90 bits per heavy atom. The second-order valence-corrected chi connectivity index (χ2v) is 10.8. The molecule has 0 aliphatic carbocycles. The van der Waals surface area contributed by atoms with Crippen LogP contribution in [0.2, 0.25) is 0 Å². The van der Waals surface area contributed by atoms with E-state index in [1.165, 1.54) is 17.8 Å². The molecule has 11 heteroatoms. The number of amidine groups is 1. The number of halogens is 1. The van der Waals surface area contributed by atoms with Gasteiger partial charge in [0.05, 0.1) is 17.2 Å². The summed E-state index contributed by atoms with van der Waals surface area (Å²) in [6.07, 6.45) is 14.7. The molecule has 8 nitrogen and oxygen atoms in total. The van der Waals surface area contributed by atoms with Crippen LogP contribution in [0, 0.1) is 12.8 Å². The first-order valence-corrected chi connectivity index (χ1v) is 15.4. The van der Waals surface area contributed by atoms with E-state index in [-0.39, 0.29) is 17.3 Å². The molecule has 1 atom stereocenters. The number of unbranched alkanes of at least 4 members (excludes halogenated alkanes) is 1. The van der Waals surface area contributed by atoms with Gasteiger partial charge in [0.1, 0.15) is 11.5 Å².